The van der Waals surface area contributed by atoms with E-state index < -0.39 is 11.7 Å². The highest BCUT2D eigenvalue weighted by atomic mass is 32.1. The first-order valence-electron chi connectivity index (χ1n) is 18.7. The van der Waals surface area contributed by atoms with E-state index in [0.717, 1.165) is 53.6 Å². The van der Waals surface area contributed by atoms with Crippen molar-refractivity contribution in [3.8, 4) is 11.5 Å². The SMILES string of the molecule is CC(C)(C)OC(=O)N1CC[C@@H](c2ccc(OCCCOCc3cccs3)cc2)[C@H](OCc2ccc3ccc(OC[C@H](O)CN4CCOCC4)cc3c2)C1. The van der Waals surface area contributed by atoms with Gasteiger partial charge in [-0.05, 0) is 90.9 Å². The molecule has 2 aliphatic rings. The zero-order chi connectivity index (χ0) is 37.0. The lowest BCUT2D eigenvalue weighted by molar-refractivity contribution is -0.0359. The Morgan fingerprint density at radius 2 is 1.72 bits per heavy atom. The van der Waals surface area contributed by atoms with E-state index in [9.17, 15) is 9.90 Å². The number of fused-ring (bicyclic) bond motifs is 1. The van der Waals surface area contributed by atoms with Gasteiger partial charge in [-0.3, -0.25) is 4.90 Å². The van der Waals surface area contributed by atoms with E-state index in [1.807, 2.05) is 57.2 Å². The Morgan fingerprint density at radius 1 is 0.925 bits per heavy atom. The highest BCUT2D eigenvalue weighted by molar-refractivity contribution is 7.09. The molecule has 0 unspecified atom stereocenters. The number of morpholine rings is 1. The van der Waals surface area contributed by atoms with Gasteiger partial charge in [0.2, 0.25) is 0 Å². The summed E-state index contributed by atoms with van der Waals surface area (Å²) in [6, 6.07) is 24.7. The van der Waals surface area contributed by atoms with Crippen molar-refractivity contribution in [2.45, 2.75) is 70.6 Å². The van der Waals surface area contributed by atoms with Crippen LogP contribution in [0, 0.1) is 0 Å². The lowest BCUT2D eigenvalue weighted by atomic mass is 9.87. The van der Waals surface area contributed by atoms with Gasteiger partial charge in [-0.2, -0.15) is 0 Å². The Balaban J connectivity index is 1.05. The molecule has 2 aliphatic heterocycles. The van der Waals surface area contributed by atoms with Crippen molar-refractivity contribution in [3.05, 3.63) is 94.2 Å². The zero-order valence-electron chi connectivity index (χ0n) is 31.2. The number of thiophene rings is 1. The van der Waals surface area contributed by atoms with E-state index in [1.54, 1.807) is 16.2 Å². The molecule has 286 valence electrons. The van der Waals surface area contributed by atoms with Gasteiger partial charge in [0.05, 0.1) is 52.3 Å². The van der Waals surface area contributed by atoms with Gasteiger partial charge in [0, 0.05) is 43.4 Å². The number of hydrogen-bond donors (Lipinski definition) is 1. The molecule has 0 spiro atoms. The molecular weight excluding hydrogens is 693 g/mol. The molecule has 0 aliphatic carbocycles. The topological polar surface area (TPSA) is 99.2 Å². The van der Waals surface area contributed by atoms with Crippen molar-refractivity contribution < 1.29 is 38.3 Å². The van der Waals surface area contributed by atoms with Crippen molar-refractivity contribution in [2.75, 3.05) is 65.8 Å². The van der Waals surface area contributed by atoms with Crippen LogP contribution in [-0.2, 0) is 32.2 Å². The summed E-state index contributed by atoms with van der Waals surface area (Å²) in [4.78, 5) is 18.3. The molecule has 4 aromatic rings. The molecule has 2 fully saturated rings. The van der Waals surface area contributed by atoms with Gasteiger partial charge in [-0.1, -0.05) is 36.4 Å². The average molecular weight is 747 g/mol. The fraction of sp³-hybridized carbons (Fsp3) is 0.500. The number of carbonyl (C=O) groups is 1. The number of piperidine rings is 1. The number of hydrogen-bond acceptors (Lipinski definition) is 10. The van der Waals surface area contributed by atoms with Crippen LogP contribution in [-0.4, -0.2) is 105 Å². The summed E-state index contributed by atoms with van der Waals surface area (Å²) in [7, 11) is 0. The van der Waals surface area contributed by atoms with Crippen molar-refractivity contribution >= 4 is 28.2 Å². The number of likely N-dealkylation sites (tertiary alicyclic amines) is 1. The molecule has 3 aromatic carbocycles. The summed E-state index contributed by atoms with van der Waals surface area (Å²) in [6.07, 6.45) is 0.431. The van der Waals surface area contributed by atoms with E-state index in [1.165, 1.54) is 4.88 Å². The first-order chi connectivity index (χ1) is 25.7. The van der Waals surface area contributed by atoms with E-state index >= 15 is 0 Å². The number of benzene rings is 3. The predicted molar refractivity (Wildman–Crippen MR) is 207 cm³/mol. The van der Waals surface area contributed by atoms with Gasteiger partial charge >= 0.3 is 6.09 Å². The third-order valence-electron chi connectivity index (χ3n) is 9.40. The van der Waals surface area contributed by atoms with Crippen LogP contribution in [0.3, 0.4) is 0 Å². The monoisotopic (exact) mass is 746 g/mol. The minimum absolute atomic E-state index is 0.0951. The second kappa shape index (κ2) is 19.1. The molecule has 3 atom stereocenters. The Hall–Kier alpha value is -3.71. The number of ether oxygens (including phenoxy) is 6. The smallest absolute Gasteiger partial charge is 0.410 e. The largest absolute Gasteiger partial charge is 0.494 e. The molecular formula is C42H54N2O8S. The molecule has 1 amide bonds. The van der Waals surface area contributed by atoms with Crippen LogP contribution < -0.4 is 9.47 Å². The number of β-amino-alcohol motifs (C(OH)–C–C–N with tert-alkyl or cyclic N) is 1. The summed E-state index contributed by atoms with van der Waals surface area (Å²) in [5, 5.41) is 14.7. The number of aliphatic hydroxyl groups excluding tert-OH is 1. The van der Waals surface area contributed by atoms with Crippen molar-refractivity contribution in [1.29, 1.82) is 0 Å². The summed E-state index contributed by atoms with van der Waals surface area (Å²) >= 11 is 1.70. The second-order valence-electron chi connectivity index (χ2n) is 14.8. The maximum atomic E-state index is 13.1. The zero-order valence-corrected chi connectivity index (χ0v) is 32.1. The first kappa shape index (κ1) is 39.0. The number of carbonyl (C=O) groups excluding carboxylic acids is 1. The van der Waals surface area contributed by atoms with E-state index in [2.05, 4.69) is 46.7 Å². The van der Waals surface area contributed by atoms with Crippen molar-refractivity contribution in [1.82, 2.24) is 9.80 Å². The van der Waals surface area contributed by atoms with E-state index in [-0.39, 0.29) is 24.7 Å². The molecule has 0 bridgehead atoms. The van der Waals surface area contributed by atoms with Gasteiger partial charge < -0.3 is 38.4 Å². The minimum Gasteiger partial charge on any atom is -0.494 e. The number of aliphatic hydroxyl groups is 1. The Morgan fingerprint density at radius 3 is 2.49 bits per heavy atom. The first-order valence-corrected chi connectivity index (χ1v) is 19.6. The molecule has 11 heteroatoms. The van der Waals surface area contributed by atoms with Crippen LogP contribution in [0.15, 0.2) is 78.2 Å². The van der Waals surface area contributed by atoms with Gasteiger partial charge in [-0.15, -0.1) is 11.3 Å². The van der Waals surface area contributed by atoms with Gasteiger partial charge in [0.25, 0.3) is 0 Å². The molecule has 0 saturated carbocycles. The molecule has 2 saturated heterocycles. The Kier molecular flexibility index (Phi) is 14.0. The molecule has 3 heterocycles. The Labute approximate surface area is 317 Å². The lowest BCUT2D eigenvalue weighted by Crippen LogP contribution is -2.48. The van der Waals surface area contributed by atoms with Crippen LogP contribution in [0.25, 0.3) is 10.8 Å². The lowest BCUT2D eigenvalue weighted by Gasteiger charge is -2.39. The standard InChI is InChI=1S/C42H54N2O8S/c1-42(2,3)52-41(46)44-16-15-39(33-10-12-36(13-11-33)49-20-5-19-48-30-38-6-4-23-53-38)40(27-44)51-28-31-7-8-32-9-14-37(25-34(32)24-31)50-29-35(45)26-43-17-21-47-22-18-43/h4,6-14,23-25,35,39-40,45H,5,15-22,26-30H2,1-3H3/t35-,39+,40-/m1/s1. The summed E-state index contributed by atoms with van der Waals surface area (Å²) < 4.78 is 35.6. The molecule has 0 radical (unpaired) electrons. The number of rotatable bonds is 16. The maximum absolute atomic E-state index is 13.1. The summed E-state index contributed by atoms with van der Waals surface area (Å²) in [5.41, 5.74) is 1.60. The summed E-state index contributed by atoms with van der Waals surface area (Å²) in [6.45, 7) is 12.8. The average Bonchev–Trinajstić information content (AvgIpc) is 3.68. The normalized spacial score (nSPS) is 18.9. The Bertz CT molecular complexity index is 1700. The predicted octanol–water partition coefficient (Wildman–Crippen LogP) is 7.27. The third-order valence-corrected chi connectivity index (χ3v) is 10.3. The van der Waals surface area contributed by atoms with Gasteiger partial charge in [0.15, 0.2) is 0 Å². The van der Waals surface area contributed by atoms with Crippen LogP contribution in [0.4, 0.5) is 4.79 Å². The fourth-order valence-electron chi connectivity index (χ4n) is 6.67. The van der Waals surface area contributed by atoms with Gasteiger partial charge in [-0.25, -0.2) is 4.79 Å². The van der Waals surface area contributed by atoms with Gasteiger partial charge in [0.1, 0.15) is 29.8 Å². The summed E-state index contributed by atoms with van der Waals surface area (Å²) in [5.74, 6) is 1.63. The molecule has 10 nitrogen and oxygen atoms in total. The van der Waals surface area contributed by atoms with Crippen LogP contribution in [0.1, 0.15) is 55.5 Å². The fourth-order valence-corrected chi connectivity index (χ4v) is 7.31. The van der Waals surface area contributed by atoms with Crippen molar-refractivity contribution in [3.63, 3.8) is 0 Å². The number of nitrogens with zero attached hydrogens (tertiary/aromatic N) is 2. The van der Waals surface area contributed by atoms with Crippen LogP contribution in [0.2, 0.25) is 0 Å². The van der Waals surface area contributed by atoms with E-state index in [0.29, 0.717) is 65.0 Å². The second-order valence-corrected chi connectivity index (χ2v) is 15.8. The minimum atomic E-state index is -0.581. The molecule has 1 N–H and O–H groups in total. The highest BCUT2D eigenvalue weighted by Crippen LogP contribution is 2.33. The molecule has 1 aromatic heterocycles. The van der Waals surface area contributed by atoms with Crippen LogP contribution >= 0.6 is 11.3 Å². The number of amides is 1. The quantitative estimate of drug-likeness (QED) is 0.119. The molecule has 53 heavy (non-hydrogen) atoms. The van der Waals surface area contributed by atoms with Crippen molar-refractivity contribution in [2.24, 2.45) is 0 Å². The molecule has 6 rings (SSSR count). The third kappa shape index (κ3) is 12.1. The maximum Gasteiger partial charge on any atom is 0.410 e. The van der Waals surface area contributed by atoms with Crippen LogP contribution in [0.5, 0.6) is 11.5 Å². The van der Waals surface area contributed by atoms with E-state index in [4.69, 9.17) is 28.4 Å². The highest BCUT2D eigenvalue weighted by Gasteiger charge is 2.35.